The van der Waals surface area contributed by atoms with Gasteiger partial charge in [0.15, 0.2) is 0 Å². The lowest BCUT2D eigenvalue weighted by molar-refractivity contribution is -0.135. The number of hydrogen-bond acceptors (Lipinski definition) is 6. The maximum Gasteiger partial charge on any atom is 0.329 e. The van der Waals surface area contributed by atoms with E-state index in [1.54, 1.807) is 30.3 Å². The molecule has 2 N–H and O–H groups in total. The Balaban J connectivity index is 0.00000192. The first kappa shape index (κ1) is 17.3. The van der Waals surface area contributed by atoms with Crippen molar-refractivity contribution in [2.45, 2.75) is 6.04 Å². The molecule has 7 heteroatoms. The van der Waals surface area contributed by atoms with Gasteiger partial charge in [0.1, 0.15) is 23.0 Å². The maximum absolute atomic E-state index is 12.4. The van der Waals surface area contributed by atoms with Crippen LogP contribution in [0.3, 0.4) is 0 Å². The Labute approximate surface area is 143 Å². The molecule has 3 rings (SSSR count). The Morgan fingerprint density at radius 3 is 2.61 bits per heavy atom. The molecule has 0 aliphatic carbocycles. The van der Waals surface area contributed by atoms with Gasteiger partial charge in [0.05, 0.1) is 10.8 Å². The number of para-hydroxylation sites is 1. The van der Waals surface area contributed by atoms with Crippen molar-refractivity contribution in [3.05, 3.63) is 52.7 Å². The lowest BCUT2D eigenvalue weighted by Crippen LogP contribution is -2.35. The highest BCUT2D eigenvalue weighted by Gasteiger charge is 2.15. The topological polar surface area (TPSA) is 82.5 Å². The summed E-state index contributed by atoms with van der Waals surface area (Å²) in [6.45, 7) is 0. The summed E-state index contributed by atoms with van der Waals surface area (Å²) in [5.41, 5.74) is 6.26. The van der Waals surface area contributed by atoms with Gasteiger partial charge < -0.3 is 14.9 Å². The second-order valence-electron chi connectivity index (χ2n) is 4.80. The molecule has 1 heterocycles. The van der Waals surface area contributed by atoms with Crippen LogP contribution in [0.25, 0.3) is 21.9 Å². The number of thiol groups is 1. The summed E-state index contributed by atoms with van der Waals surface area (Å²) in [6.07, 6.45) is 0. The van der Waals surface area contributed by atoms with E-state index < -0.39 is 12.0 Å². The molecule has 0 saturated heterocycles. The van der Waals surface area contributed by atoms with Crippen LogP contribution in [0, 0.1) is 0 Å². The van der Waals surface area contributed by atoms with E-state index >= 15 is 0 Å². The maximum atomic E-state index is 12.4. The number of esters is 1. The molecule has 0 aliphatic heterocycles. The second kappa shape index (κ2) is 7.04. The van der Waals surface area contributed by atoms with Crippen LogP contribution in [0.2, 0.25) is 0 Å². The molecule has 1 atom stereocenters. The molecule has 1 aromatic heterocycles. The van der Waals surface area contributed by atoms with E-state index in [0.29, 0.717) is 21.9 Å². The minimum absolute atomic E-state index is 0. The van der Waals surface area contributed by atoms with Crippen LogP contribution >= 0.6 is 25.0 Å². The molecule has 120 valence electrons. The average Bonchev–Trinajstić information content (AvgIpc) is 2.54. The number of rotatable bonds is 3. The number of benzene rings is 2. The SMILES string of the molecule is Cl.N[C@@H](CS)C(=O)Oc1ccc2c(=O)c3ccccc3oc2c1. The van der Waals surface area contributed by atoms with E-state index in [2.05, 4.69) is 12.6 Å². The number of carbonyl (C=O) groups excluding carboxylic acids is 1. The first-order valence-corrected chi connectivity index (χ1v) is 7.27. The second-order valence-corrected chi connectivity index (χ2v) is 5.16. The number of halogens is 1. The van der Waals surface area contributed by atoms with Crippen molar-refractivity contribution in [1.82, 2.24) is 0 Å². The van der Waals surface area contributed by atoms with Crippen molar-refractivity contribution < 1.29 is 13.9 Å². The molecule has 0 aliphatic rings. The molecule has 0 bridgehead atoms. The highest BCUT2D eigenvalue weighted by molar-refractivity contribution is 7.80. The standard InChI is InChI=1S/C16H13NO4S.ClH/c17-12(8-22)16(19)20-9-5-6-11-14(7-9)21-13-4-2-1-3-10(13)15(11)18;/h1-7,12,22H,8,17H2;1H/t12-;/m0./s1. The fraction of sp³-hybridized carbons (Fsp3) is 0.125. The zero-order chi connectivity index (χ0) is 15.7. The molecule has 0 saturated carbocycles. The smallest absolute Gasteiger partial charge is 0.329 e. The Morgan fingerprint density at radius 2 is 1.87 bits per heavy atom. The van der Waals surface area contributed by atoms with Gasteiger partial charge in [0.25, 0.3) is 0 Å². The predicted molar refractivity (Wildman–Crippen MR) is 94.7 cm³/mol. The highest BCUT2D eigenvalue weighted by Crippen LogP contribution is 2.23. The van der Waals surface area contributed by atoms with Crippen LogP contribution < -0.4 is 15.9 Å². The summed E-state index contributed by atoms with van der Waals surface area (Å²) in [7, 11) is 0. The third-order valence-electron chi connectivity index (χ3n) is 3.27. The average molecular weight is 352 g/mol. The Bertz CT molecular complexity index is 925. The zero-order valence-corrected chi connectivity index (χ0v) is 13.6. The summed E-state index contributed by atoms with van der Waals surface area (Å²) in [6, 6.07) is 10.8. The molecule has 5 nitrogen and oxygen atoms in total. The lowest BCUT2D eigenvalue weighted by Gasteiger charge is -2.09. The summed E-state index contributed by atoms with van der Waals surface area (Å²) >= 11 is 3.95. The van der Waals surface area contributed by atoms with Gasteiger partial charge in [-0.1, -0.05) is 12.1 Å². The molecule has 0 radical (unpaired) electrons. The fourth-order valence-electron chi connectivity index (χ4n) is 2.11. The lowest BCUT2D eigenvalue weighted by atomic mass is 10.1. The molecule has 0 amide bonds. The van der Waals surface area contributed by atoms with Crippen molar-refractivity contribution in [3.8, 4) is 5.75 Å². The zero-order valence-electron chi connectivity index (χ0n) is 11.9. The van der Waals surface area contributed by atoms with Crippen molar-refractivity contribution in [3.63, 3.8) is 0 Å². The minimum Gasteiger partial charge on any atom is -0.456 e. The monoisotopic (exact) mass is 351 g/mol. The summed E-state index contributed by atoms with van der Waals surface area (Å²) in [5.74, 6) is -0.128. The van der Waals surface area contributed by atoms with E-state index in [-0.39, 0.29) is 29.3 Å². The van der Waals surface area contributed by atoms with Crippen LogP contribution in [0.5, 0.6) is 5.75 Å². The Morgan fingerprint density at radius 1 is 1.17 bits per heavy atom. The third kappa shape index (κ3) is 3.34. The number of nitrogens with two attached hydrogens (primary N) is 1. The summed E-state index contributed by atoms with van der Waals surface area (Å²) in [5, 5.41) is 0.939. The van der Waals surface area contributed by atoms with E-state index in [1.807, 2.05) is 0 Å². The van der Waals surface area contributed by atoms with Crippen molar-refractivity contribution in [2.75, 3.05) is 5.75 Å². The van der Waals surface area contributed by atoms with Gasteiger partial charge in [0.2, 0.25) is 5.43 Å². The first-order chi connectivity index (χ1) is 10.6. The van der Waals surface area contributed by atoms with Gasteiger partial charge >= 0.3 is 5.97 Å². The van der Waals surface area contributed by atoms with Gasteiger partial charge in [-0.15, -0.1) is 12.4 Å². The van der Waals surface area contributed by atoms with E-state index in [1.165, 1.54) is 12.1 Å². The molecular weight excluding hydrogens is 338 g/mol. The van der Waals surface area contributed by atoms with Gasteiger partial charge in [0, 0.05) is 11.8 Å². The van der Waals surface area contributed by atoms with Crippen LogP contribution in [-0.2, 0) is 4.79 Å². The van der Waals surface area contributed by atoms with Gasteiger partial charge in [-0.05, 0) is 24.3 Å². The van der Waals surface area contributed by atoms with Crippen LogP contribution in [0.4, 0.5) is 0 Å². The normalized spacial score (nSPS) is 11.9. The van der Waals surface area contributed by atoms with Gasteiger partial charge in [-0.2, -0.15) is 12.6 Å². The molecule has 0 spiro atoms. The van der Waals surface area contributed by atoms with Gasteiger partial charge in [-0.3, -0.25) is 4.79 Å². The van der Waals surface area contributed by atoms with E-state index in [9.17, 15) is 9.59 Å². The van der Waals surface area contributed by atoms with Crippen LogP contribution in [-0.4, -0.2) is 17.8 Å². The number of hydrogen-bond donors (Lipinski definition) is 2. The highest BCUT2D eigenvalue weighted by atomic mass is 35.5. The summed E-state index contributed by atoms with van der Waals surface area (Å²) in [4.78, 5) is 24.0. The fourth-order valence-corrected chi connectivity index (χ4v) is 2.26. The number of fused-ring (bicyclic) bond motifs is 2. The third-order valence-corrected chi connectivity index (χ3v) is 3.66. The largest absolute Gasteiger partial charge is 0.456 e. The van der Waals surface area contributed by atoms with Gasteiger partial charge in [-0.25, -0.2) is 4.79 Å². The van der Waals surface area contributed by atoms with E-state index in [4.69, 9.17) is 14.9 Å². The first-order valence-electron chi connectivity index (χ1n) is 6.64. The Hall–Kier alpha value is -2.02. The predicted octanol–water partition coefficient (Wildman–Crippen LogP) is 2.53. The van der Waals surface area contributed by atoms with Crippen molar-refractivity contribution in [1.29, 1.82) is 0 Å². The number of carbonyl (C=O) groups is 1. The van der Waals surface area contributed by atoms with Crippen LogP contribution in [0.15, 0.2) is 51.7 Å². The minimum atomic E-state index is -0.803. The van der Waals surface area contributed by atoms with E-state index in [0.717, 1.165) is 0 Å². The molecule has 23 heavy (non-hydrogen) atoms. The van der Waals surface area contributed by atoms with Crippen LogP contribution in [0.1, 0.15) is 0 Å². The quantitative estimate of drug-likeness (QED) is 0.328. The molecule has 0 unspecified atom stereocenters. The summed E-state index contributed by atoms with van der Waals surface area (Å²) < 4.78 is 10.9. The molecule has 0 fully saturated rings. The van der Waals surface area contributed by atoms with Crippen molar-refractivity contribution in [2.24, 2.45) is 5.73 Å². The molecule has 3 aromatic rings. The number of ether oxygens (including phenoxy) is 1. The Kier molecular flexibility index (Phi) is 5.30. The van der Waals surface area contributed by atoms with Crippen molar-refractivity contribution >= 4 is 52.9 Å². The molecular formula is C16H14ClNO4S. The molecule has 2 aromatic carbocycles.